The van der Waals surface area contributed by atoms with Crippen LogP contribution < -0.4 is 10.1 Å². The highest BCUT2D eigenvalue weighted by Gasteiger charge is 2.38. The van der Waals surface area contributed by atoms with Crippen molar-refractivity contribution in [1.29, 1.82) is 0 Å². The van der Waals surface area contributed by atoms with Crippen molar-refractivity contribution in [3.63, 3.8) is 0 Å². The molecule has 1 aromatic rings. The molecule has 1 atom stereocenters. The van der Waals surface area contributed by atoms with Crippen LogP contribution in [-0.4, -0.2) is 18.8 Å². The van der Waals surface area contributed by atoms with E-state index in [1.165, 1.54) is 6.92 Å². The van der Waals surface area contributed by atoms with Gasteiger partial charge in [-0.2, -0.15) is 0 Å². The van der Waals surface area contributed by atoms with Gasteiger partial charge in [-0.1, -0.05) is 12.1 Å². The lowest BCUT2D eigenvalue weighted by molar-refractivity contribution is -0.119. The minimum absolute atomic E-state index is 0.0741. The summed E-state index contributed by atoms with van der Waals surface area (Å²) in [5, 5.41) is 2.73. The number of rotatable bonds is 3. The molecule has 118 valence electrons. The molecule has 0 radical (unpaired) electrons. The smallest absolute Gasteiger partial charge is 0.220 e. The molecule has 5 heteroatoms. The fraction of sp³-hybridized carbons (Fsp3) is 0.222. The predicted molar refractivity (Wildman–Crippen MR) is 85.2 cm³/mol. The minimum atomic E-state index is -0.362. The third-order valence-corrected chi connectivity index (χ3v) is 3.73. The number of fused-ring (bicyclic) bond motifs is 1. The normalized spacial score (nSPS) is 21.2. The van der Waals surface area contributed by atoms with Gasteiger partial charge < -0.3 is 14.8 Å². The van der Waals surface area contributed by atoms with Crippen molar-refractivity contribution < 1.29 is 19.1 Å². The molecule has 5 nitrogen and oxygen atoms in total. The van der Waals surface area contributed by atoms with E-state index in [1.54, 1.807) is 25.3 Å². The van der Waals surface area contributed by atoms with E-state index in [4.69, 9.17) is 9.47 Å². The molecule has 0 bridgehead atoms. The highest BCUT2D eigenvalue weighted by molar-refractivity contribution is 6.03. The Morgan fingerprint density at radius 3 is 2.96 bits per heavy atom. The quantitative estimate of drug-likeness (QED) is 0.871. The number of allylic oxidation sites excluding steroid dienone is 5. The predicted octanol–water partition coefficient (Wildman–Crippen LogP) is 2.56. The van der Waals surface area contributed by atoms with Crippen LogP contribution in [0.5, 0.6) is 5.75 Å². The monoisotopic (exact) mass is 311 g/mol. The zero-order chi connectivity index (χ0) is 16.4. The number of ketones is 1. The fourth-order valence-electron chi connectivity index (χ4n) is 2.67. The molecule has 1 heterocycles. The molecular weight excluding hydrogens is 294 g/mol. The summed E-state index contributed by atoms with van der Waals surface area (Å²) < 4.78 is 10.9. The third-order valence-electron chi connectivity index (χ3n) is 3.73. The van der Waals surface area contributed by atoms with Gasteiger partial charge in [-0.25, -0.2) is 0 Å². The van der Waals surface area contributed by atoms with Crippen LogP contribution in [0.3, 0.4) is 0 Å². The van der Waals surface area contributed by atoms with Crippen molar-refractivity contribution in [2.45, 2.75) is 13.3 Å². The van der Waals surface area contributed by atoms with E-state index in [0.717, 1.165) is 17.0 Å². The fourth-order valence-corrected chi connectivity index (χ4v) is 2.67. The van der Waals surface area contributed by atoms with Crippen LogP contribution in [0.15, 0.2) is 53.6 Å². The molecule has 1 N–H and O–H groups in total. The van der Waals surface area contributed by atoms with Crippen LogP contribution >= 0.6 is 0 Å². The lowest BCUT2D eigenvalue weighted by Crippen LogP contribution is -2.24. The summed E-state index contributed by atoms with van der Waals surface area (Å²) >= 11 is 0. The first kappa shape index (κ1) is 15.1. The molecule has 1 aromatic carbocycles. The van der Waals surface area contributed by atoms with Crippen molar-refractivity contribution in [3.05, 3.63) is 59.2 Å². The second-order valence-electron chi connectivity index (χ2n) is 5.45. The van der Waals surface area contributed by atoms with Crippen LogP contribution in [0.1, 0.15) is 18.9 Å². The first-order chi connectivity index (χ1) is 11.1. The van der Waals surface area contributed by atoms with Crippen molar-refractivity contribution in [2.24, 2.45) is 5.92 Å². The highest BCUT2D eigenvalue weighted by atomic mass is 16.5. The van der Waals surface area contributed by atoms with E-state index >= 15 is 0 Å². The maximum atomic E-state index is 12.5. The van der Waals surface area contributed by atoms with E-state index in [9.17, 15) is 9.59 Å². The first-order valence-corrected chi connectivity index (χ1v) is 7.33. The second-order valence-corrected chi connectivity index (χ2v) is 5.45. The number of amides is 1. The number of benzene rings is 1. The Labute approximate surface area is 134 Å². The number of Topliss-reactive ketones (excluding diaryl/α,β-unsaturated/α-hetero) is 1. The number of hydrogen-bond donors (Lipinski definition) is 1. The SMILES string of the molecule is COc1cccc(/C=C2\OC3=CC=C(NC(C)=O)CC3C2=O)c1. The summed E-state index contributed by atoms with van der Waals surface area (Å²) in [7, 11) is 1.60. The topological polar surface area (TPSA) is 64.6 Å². The van der Waals surface area contributed by atoms with Gasteiger partial charge in [0.2, 0.25) is 11.7 Å². The molecule has 1 fully saturated rings. The zero-order valence-electron chi connectivity index (χ0n) is 13.0. The first-order valence-electron chi connectivity index (χ1n) is 7.33. The number of hydrogen-bond acceptors (Lipinski definition) is 4. The molecular formula is C18H17NO4. The average Bonchev–Trinajstić information content (AvgIpc) is 2.83. The number of ether oxygens (including phenoxy) is 2. The second kappa shape index (κ2) is 6.12. The van der Waals surface area contributed by atoms with E-state index in [1.807, 2.05) is 24.3 Å². The summed E-state index contributed by atoms with van der Waals surface area (Å²) in [4.78, 5) is 23.7. The summed E-state index contributed by atoms with van der Waals surface area (Å²) in [6.07, 6.45) is 5.67. The molecule has 23 heavy (non-hydrogen) atoms. The summed E-state index contributed by atoms with van der Waals surface area (Å²) in [6.45, 7) is 1.45. The summed E-state index contributed by atoms with van der Waals surface area (Å²) in [5.74, 6) is 1.07. The van der Waals surface area contributed by atoms with Crippen molar-refractivity contribution >= 4 is 17.8 Å². The molecule has 3 rings (SSSR count). The largest absolute Gasteiger partial charge is 0.497 e. The van der Waals surface area contributed by atoms with Gasteiger partial charge in [0, 0.05) is 19.0 Å². The lowest BCUT2D eigenvalue weighted by atomic mass is 9.93. The Morgan fingerprint density at radius 1 is 1.39 bits per heavy atom. The maximum Gasteiger partial charge on any atom is 0.220 e. The lowest BCUT2D eigenvalue weighted by Gasteiger charge is -2.15. The van der Waals surface area contributed by atoms with E-state index < -0.39 is 0 Å². The van der Waals surface area contributed by atoms with E-state index in [2.05, 4.69) is 5.32 Å². The summed E-state index contributed by atoms with van der Waals surface area (Å²) in [6, 6.07) is 7.41. The Hall–Kier alpha value is -2.82. The maximum absolute atomic E-state index is 12.5. The van der Waals surface area contributed by atoms with E-state index in [-0.39, 0.29) is 17.6 Å². The third kappa shape index (κ3) is 3.18. The number of nitrogens with one attached hydrogen (secondary N) is 1. The molecule has 1 amide bonds. The molecule has 0 spiro atoms. The van der Waals surface area contributed by atoms with Crippen LogP contribution in [-0.2, 0) is 14.3 Å². The van der Waals surface area contributed by atoms with Crippen LogP contribution in [0.25, 0.3) is 6.08 Å². The number of methoxy groups -OCH3 is 1. The standard InChI is InChI=1S/C18H17NO4/c1-11(20)19-13-6-7-16-15(10-13)18(21)17(23-16)9-12-4-3-5-14(8-12)22-2/h3-9,15H,10H2,1-2H3,(H,19,20)/b17-9-. The van der Waals surface area contributed by atoms with Gasteiger partial charge in [0.1, 0.15) is 11.5 Å². The van der Waals surface area contributed by atoms with Gasteiger partial charge in [0.15, 0.2) is 5.76 Å². The molecule has 1 aliphatic carbocycles. The molecule has 1 unspecified atom stereocenters. The van der Waals surface area contributed by atoms with Gasteiger partial charge in [0.25, 0.3) is 0 Å². The molecule has 0 saturated carbocycles. The Bertz CT molecular complexity index is 758. The van der Waals surface area contributed by atoms with Gasteiger partial charge in [-0.15, -0.1) is 0 Å². The Balaban J connectivity index is 1.81. The zero-order valence-corrected chi connectivity index (χ0v) is 13.0. The van der Waals surface area contributed by atoms with Crippen LogP contribution in [0.2, 0.25) is 0 Å². The van der Waals surface area contributed by atoms with Crippen molar-refractivity contribution in [1.82, 2.24) is 5.32 Å². The number of carbonyl (C=O) groups is 2. The summed E-state index contributed by atoms with van der Waals surface area (Å²) in [5.41, 5.74) is 1.56. The van der Waals surface area contributed by atoms with Gasteiger partial charge in [-0.05, 0) is 35.9 Å². The van der Waals surface area contributed by atoms with Crippen molar-refractivity contribution in [3.8, 4) is 5.75 Å². The minimum Gasteiger partial charge on any atom is -0.497 e. The molecule has 0 aromatic heterocycles. The van der Waals surface area contributed by atoms with Crippen LogP contribution in [0.4, 0.5) is 0 Å². The molecule has 2 aliphatic rings. The van der Waals surface area contributed by atoms with Crippen molar-refractivity contribution in [2.75, 3.05) is 7.11 Å². The highest BCUT2D eigenvalue weighted by Crippen LogP contribution is 2.37. The molecule has 1 aliphatic heterocycles. The van der Waals surface area contributed by atoms with Crippen LogP contribution in [0, 0.1) is 5.92 Å². The molecule has 1 saturated heterocycles. The Kier molecular flexibility index (Phi) is 4.02. The van der Waals surface area contributed by atoms with Gasteiger partial charge in [0.05, 0.1) is 13.0 Å². The van der Waals surface area contributed by atoms with E-state index in [0.29, 0.717) is 17.9 Å². The Morgan fingerprint density at radius 2 is 2.22 bits per heavy atom. The van der Waals surface area contributed by atoms with Gasteiger partial charge >= 0.3 is 0 Å². The van der Waals surface area contributed by atoms with Gasteiger partial charge in [-0.3, -0.25) is 9.59 Å². The number of carbonyl (C=O) groups excluding carboxylic acids is 2. The average molecular weight is 311 g/mol.